The monoisotopic (exact) mass is 395 g/mol. The smallest absolute Gasteiger partial charge is 0.223 e. The summed E-state index contributed by atoms with van der Waals surface area (Å²) in [6, 6.07) is 7.54. The number of aldehydes is 1. The van der Waals surface area contributed by atoms with Crippen LogP contribution in [0.15, 0.2) is 36.4 Å². The Kier molecular flexibility index (Phi) is 9.23. The van der Waals surface area contributed by atoms with Crippen LogP contribution >= 0.6 is 23.4 Å². The zero-order chi connectivity index (χ0) is 18.8. The van der Waals surface area contributed by atoms with Crippen LogP contribution in [0.2, 0.25) is 5.02 Å². The van der Waals surface area contributed by atoms with Crippen molar-refractivity contribution in [1.82, 2.24) is 4.90 Å². The number of aliphatic hydroxyl groups is 1. The fourth-order valence-electron chi connectivity index (χ4n) is 3.01. The number of rotatable bonds is 11. The van der Waals surface area contributed by atoms with Gasteiger partial charge >= 0.3 is 0 Å². The number of carbonyl (C=O) groups is 2. The lowest BCUT2D eigenvalue weighted by Gasteiger charge is -2.22. The minimum Gasteiger partial charge on any atom is -0.389 e. The topological polar surface area (TPSA) is 57.6 Å². The highest BCUT2D eigenvalue weighted by atomic mass is 35.5. The van der Waals surface area contributed by atoms with E-state index in [0.29, 0.717) is 30.8 Å². The van der Waals surface area contributed by atoms with Crippen molar-refractivity contribution in [3.63, 3.8) is 0 Å². The number of aliphatic hydroxyl groups excluding tert-OH is 1. The van der Waals surface area contributed by atoms with Crippen molar-refractivity contribution in [1.29, 1.82) is 0 Å². The number of nitrogens with zero attached hydrogens (tertiary/aromatic N) is 1. The molecule has 0 saturated carbocycles. The first kappa shape index (κ1) is 21.0. The Morgan fingerprint density at radius 3 is 3.00 bits per heavy atom. The molecular weight excluding hydrogens is 370 g/mol. The third-order valence-electron chi connectivity index (χ3n) is 4.35. The van der Waals surface area contributed by atoms with Crippen LogP contribution in [0.5, 0.6) is 0 Å². The van der Waals surface area contributed by atoms with Gasteiger partial charge in [0, 0.05) is 36.6 Å². The lowest BCUT2D eigenvalue weighted by atomic mass is 10.1. The third kappa shape index (κ3) is 7.14. The van der Waals surface area contributed by atoms with E-state index in [1.807, 2.05) is 35.2 Å². The molecule has 4 nitrogen and oxygen atoms in total. The summed E-state index contributed by atoms with van der Waals surface area (Å²) in [5.74, 6) is 2.00. The van der Waals surface area contributed by atoms with Gasteiger partial charge in [0.05, 0.1) is 12.1 Å². The number of hydrogen-bond acceptors (Lipinski definition) is 4. The summed E-state index contributed by atoms with van der Waals surface area (Å²) in [6.45, 7) is 0.712. The van der Waals surface area contributed by atoms with Gasteiger partial charge in [0.2, 0.25) is 5.91 Å². The van der Waals surface area contributed by atoms with Gasteiger partial charge in [-0.25, -0.2) is 0 Å². The first-order valence-corrected chi connectivity index (χ1v) is 10.5. The summed E-state index contributed by atoms with van der Waals surface area (Å²) in [4.78, 5) is 24.3. The summed E-state index contributed by atoms with van der Waals surface area (Å²) < 4.78 is 0. The molecule has 0 unspecified atom stereocenters. The Hall–Kier alpha value is -1.30. The van der Waals surface area contributed by atoms with Crippen LogP contribution in [-0.2, 0) is 16.0 Å². The SMILES string of the molecule is O=CCCCSCCN1C(=O)CC[C@@H]1/C=C/[C@@H](O)Cc1cccc(Cl)c1. The number of thioether (sulfide) groups is 1. The van der Waals surface area contributed by atoms with E-state index in [-0.39, 0.29) is 11.9 Å². The summed E-state index contributed by atoms with van der Waals surface area (Å²) >= 11 is 7.74. The number of likely N-dealkylation sites (tertiary alicyclic amines) is 1. The molecule has 0 aromatic heterocycles. The second-order valence-corrected chi connectivity index (χ2v) is 8.06. The normalized spacial score (nSPS) is 18.6. The van der Waals surface area contributed by atoms with E-state index in [1.54, 1.807) is 17.8 Å². The lowest BCUT2D eigenvalue weighted by molar-refractivity contribution is -0.128. The van der Waals surface area contributed by atoms with Crippen LogP contribution in [0.25, 0.3) is 0 Å². The van der Waals surface area contributed by atoms with Gasteiger partial charge in [-0.3, -0.25) is 4.79 Å². The molecule has 1 heterocycles. The second-order valence-electron chi connectivity index (χ2n) is 6.40. The summed E-state index contributed by atoms with van der Waals surface area (Å²) in [7, 11) is 0. The van der Waals surface area contributed by atoms with Crippen LogP contribution in [0.3, 0.4) is 0 Å². The Bertz CT molecular complexity index is 623. The summed E-state index contributed by atoms with van der Waals surface area (Å²) in [5, 5.41) is 10.9. The highest BCUT2D eigenvalue weighted by Crippen LogP contribution is 2.21. The molecule has 0 radical (unpaired) electrons. The predicted octanol–water partition coefficient (Wildman–Crippen LogP) is 3.50. The van der Waals surface area contributed by atoms with Crippen molar-refractivity contribution in [2.45, 2.75) is 44.2 Å². The van der Waals surface area contributed by atoms with Crippen LogP contribution in [0.1, 0.15) is 31.2 Å². The highest BCUT2D eigenvalue weighted by molar-refractivity contribution is 7.99. The number of benzene rings is 1. The summed E-state index contributed by atoms with van der Waals surface area (Å²) in [6.07, 6.45) is 7.45. The number of halogens is 1. The zero-order valence-electron chi connectivity index (χ0n) is 14.9. The Balaban J connectivity index is 1.79. The molecule has 1 aliphatic rings. The van der Waals surface area contributed by atoms with Crippen molar-refractivity contribution >= 4 is 35.6 Å². The van der Waals surface area contributed by atoms with Crippen LogP contribution < -0.4 is 0 Å². The molecule has 2 rings (SSSR count). The molecule has 1 saturated heterocycles. The van der Waals surface area contributed by atoms with E-state index in [4.69, 9.17) is 11.6 Å². The van der Waals surface area contributed by atoms with Crippen LogP contribution in [0, 0.1) is 0 Å². The van der Waals surface area contributed by atoms with Gasteiger partial charge in [-0.1, -0.05) is 35.9 Å². The lowest BCUT2D eigenvalue weighted by Crippen LogP contribution is -2.34. The largest absolute Gasteiger partial charge is 0.389 e. The average molecular weight is 396 g/mol. The molecule has 0 aliphatic carbocycles. The van der Waals surface area contributed by atoms with Crippen molar-refractivity contribution in [2.24, 2.45) is 0 Å². The third-order valence-corrected chi connectivity index (χ3v) is 5.63. The molecule has 1 aromatic carbocycles. The fraction of sp³-hybridized carbons (Fsp3) is 0.500. The van der Waals surface area contributed by atoms with Gasteiger partial charge in [-0.05, 0) is 36.3 Å². The molecule has 1 amide bonds. The molecule has 0 spiro atoms. The zero-order valence-corrected chi connectivity index (χ0v) is 16.4. The Labute approximate surface area is 164 Å². The van der Waals surface area contributed by atoms with Gasteiger partial charge < -0.3 is 14.8 Å². The molecule has 6 heteroatoms. The Morgan fingerprint density at radius 1 is 1.38 bits per heavy atom. The van der Waals surface area contributed by atoms with Crippen LogP contribution in [-0.4, -0.2) is 52.4 Å². The maximum Gasteiger partial charge on any atom is 0.223 e. The van der Waals surface area contributed by atoms with Crippen molar-refractivity contribution in [3.8, 4) is 0 Å². The standard InChI is InChI=1S/C20H26ClNO3S/c21-17-5-3-4-16(14-17)15-19(24)8-6-18-7-9-20(25)22(18)10-13-26-12-2-1-11-23/h3-6,8,11,14,18-19,24H,1-2,7,9-10,12-13,15H2/b8-6+/t18-,19+/m0/s1. The van der Waals surface area contributed by atoms with Crippen molar-refractivity contribution in [3.05, 3.63) is 47.0 Å². The molecular formula is C20H26ClNO3S. The van der Waals surface area contributed by atoms with Gasteiger partial charge in [0.15, 0.2) is 0 Å². The van der Waals surface area contributed by atoms with Gasteiger partial charge in [0.1, 0.15) is 6.29 Å². The van der Waals surface area contributed by atoms with Gasteiger partial charge in [-0.2, -0.15) is 11.8 Å². The van der Waals surface area contributed by atoms with Gasteiger partial charge in [-0.15, -0.1) is 0 Å². The maximum absolute atomic E-state index is 12.1. The maximum atomic E-state index is 12.1. The minimum absolute atomic E-state index is 0.0621. The van der Waals surface area contributed by atoms with Gasteiger partial charge in [0.25, 0.3) is 0 Å². The number of amides is 1. The molecule has 1 aromatic rings. The summed E-state index contributed by atoms with van der Waals surface area (Å²) in [5.41, 5.74) is 0.987. The second kappa shape index (κ2) is 11.4. The minimum atomic E-state index is -0.594. The molecule has 142 valence electrons. The highest BCUT2D eigenvalue weighted by Gasteiger charge is 2.28. The number of hydrogen-bond donors (Lipinski definition) is 1. The molecule has 1 aliphatic heterocycles. The van der Waals surface area contributed by atoms with E-state index in [1.165, 1.54) is 0 Å². The molecule has 1 fully saturated rings. The average Bonchev–Trinajstić information content (AvgIpc) is 2.96. The van der Waals surface area contributed by atoms with Crippen LogP contribution in [0.4, 0.5) is 0 Å². The van der Waals surface area contributed by atoms with E-state index in [2.05, 4.69) is 0 Å². The first-order valence-electron chi connectivity index (χ1n) is 9.02. The molecule has 26 heavy (non-hydrogen) atoms. The molecule has 0 bridgehead atoms. The Morgan fingerprint density at radius 2 is 2.23 bits per heavy atom. The molecule has 2 atom stereocenters. The molecule has 1 N–H and O–H groups in total. The van der Waals surface area contributed by atoms with E-state index in [0.717, 1.165) is 36.2 Å². The van der Waals surface area contributed by atoms with E-state index >= 15 is 0 Å². The first-order chi connectivity index (χ1) is 12.6. The van der Waals surface area contributed by atoms with E-state index < -0.39 is 6.10 Å². The van der Waals surface area contributed by atoms with Crippen molar-refractivity contribution in [2.75, 3.05) is 18.1 Å². The van der Waals surface area contributed by atoms with Crippen molar-refractivity contribution < 1.29 is 14.7 Å². The number of unbranched alkanes of at least 4 members (excludes halogenated alkanes) is 1. The van der Waals surface area contributed by atoms with E-state index in [9.17, 15) is 14.7 Å². The predicted molar refractivity (Wildman–Crippen MR) is 108 cm³/mol. The quantitative estimate of drug-likeness (QED) is 0.354. The fourth-order valence-corrected chi connectivity index (χ4v) is 4.12. The number of carbonyl (C=O) groups excluding carboxylic acids is 2.